The lowest BCUT2D eigenvalue weighted by Crippen LogP contribution is -2.30. The largest absolute Gasteiger partial charge is 0.272 e. The average Bonchev–Trinajstić information content (AvgIpc) is 3.22. The number of carbonyl (C=O) groups excluding carboxylic acids is 1. The number of nitrogens with zero attached hydrogens (tertiary/aromatic N) is 4. The molecule has 0 aliphatic heterocycles. The molecule has 0 aliphatic rings. The number of rotatable bonds is 7. The summed E-state index contributed by atoms with van der Waals surface area (Å²) in [6.07, 6.45) is 2.90. The minimum atomic E-state index is -0.963. The minimum Gasteiger partial charge on any atom is -0.272 e. The minimum absolute atomic E-state index is 0.132. The van der Waals surface area contributed by atoms with Crippen LogP contribution in [0.5, 0.6) is 0 Å². The quantitative estimate of drug-likeness (QED) is 0.388. The Labute approximate surface area is 173 Å². The zero-order valence-corrected chi connectivity index (χ0v) is 16.5. The van der Waals surface area contributed by atoms with Gasteiger partial charge in [-0.15, -0.1) is 0 Å². The summed E-state index contributed by atoms with van der Waals surface area (Å²) in [4.78, 5) is 34.6. The van der Waals surface area contributed by atoms with Crippen molar-refractivity contribution in [2.24, 2.45) is 0 Å². The molecule has 0 aliphatic carbocycles. The smallest absolute Gasteiger partial charge is 0.269 e. The maximum atomic E-state index is 13.2. The van der Waals surface area contributed by atoms with Gasteiger partial charge in [-0.1, -0.05) is 40.2 Å². The van der Waals surface area contributed by atoms with E-state index in [1.807, 2.05) is 0 Å². The van der Waals surface area contributed by atoms with Gasteiger partial charge in [0.05, 0.1) is 16.8 Å². The first-order valence-electron chi connectivity index (χ1n) is 8.52. The molecule has 0 N–H and O–H groups in total. The third-order valence-corrected chi connectivity index (χ3v) is 4.98. The number of halogens is 1. The van der Waals surface area contributed by atoms with Gasteiger partial charge in [-0.25, -0.2) is 4.68 Å². The van der Waals surface area contributed by atoms with E-state index in [1.165, 1.54) is 36.7 Å². The summed E-state index contributed by atoms with van der Waals surface area (Å²) in [5.74, 6) is -2.23. The van der Waals surface area contributed by atoms with Crippen LogP contribution in [0.15, 0.2) is 71.5 Å². The number of benzene rings is 2. The fourth-order valence-corrected chi connectivity index (χ4v) is 3.61. The fraction of sp³-hybridized carbons (Fsp3) is 0.158. The molecule has 2 aromatic carbocycles. The molecular formula is C19H15BrN4O5. The molecule has 0 radical (unpaired) electrons. The normalized spacial score (nSPS) is 12.9. The Morgan fingerprint density at radius 2 is 1.79 bits per heavy atom. The van der Waals surface area contributed by atoms with Gasteiger partial charge in [-0.3, -0.25) is 25.0 Å². The maximum absolute atomic E-state index is 13.2. The van der Waals surface area contributed by atoms with Crippen LogP contribution < -0.4 is 0 Å². The molecule has 10 heteroatoms. The zero-order chi connectivity index (χ0) is 21.0. The summed E-state index contributed by atoms with van der Waals surface area (Å²) in [5.41, 5.74) is 0.898. The predicted octanol–water partition coefficient (Wildman–Crippen LogP) is 4.04. The van der Waals surface area contributed by atoms with Gasteiger partial charge in [0.15, 0.2) is 0 Å². The molecule has 0 amide bonds. The van der Waals surface area contributed by atoms with Crippen molar-refractivity contribution in [3.05, 3.63) is 103 Å². The van der Waals surface area contributed by atoms with Gasteiger partial charge in [0.25, 0.3) is 11.6 Å². The van der Waals surface area contributed by atoms with Crippen molar-refractivity contribution in [1.29, 1.82) is 0 Å². The highest BCUT2D eigenvalue weighted by molar-refractivity contribution is 9.10. The lowest BCUT2D eigenvalue weighted by Gasteiger charge is -2.24. The van der Waals surface area contributed by atoms with Crippen molar-refractivity contribution in [3.8, 4) is 0 Å². The molecule has 0 unspecified atom stereocenters. The summed E-state index contributed by atoms with van der Waals surface area (Å²) in [6.45, 7) is -0.495. The van der Waals surface area contributed by atoms with E-state index in [0.717, 1.165) is 9.15 Å². The van der Waals surface area contributed by atoms with Crippen LogP contribution in [0, 0.1) is 20.2 Å². The van der Waals surface area contributed by atoms with E-state index in [9.17, 15) is 25.0 Å². The van der Waals surface area contributed by atoms with Gasteiger partial charge in [0.1, 0.15) is 0 Å². The highest BCUT2D eigenvalue weighted by Gasteiger charge is 2.36. The second-order valence-electron chi connectivity index (χ2n) is 6.29. The van der Waals surface area contributed by atoms with Crippen molar-refractivity contribution >= 4 is 27.5 Å². The zero-order valence-electron chi connectivity index (χ0n) is 14.9. The van der Waals surface area contributed by atoms with E-state index in [0.29, 0.717) is 11.1 Å². The number of hydrogen-bond acceptors (Lipinski definition) is 6. The van der Waals surface area contributed by atoms with Crippen molar-refractivity contribution in [2.45, 2.75) is 11.8 Å². The molecule has 1 aromatic heterocycles. The van der Waals surface area contributed by atoms with Gasteiger partial charge in [-0.2, -0.15) is 5.10 Å². The second kappa shape index (κ2) is 8.74. The Balaban J connectivity index is 2.13. The number of aromatic nitrogens is 2. The van der Waals surface area contributed by atoms with Crippen molar-refractivity contribution in [2.75, 3.05) is 6.54 Å². The third kappa shape index (κ3) is 4.72. The predicted molar refractivity (Wildman–Crippen MR) is 107 cm³/mol. The number of carbonyl (C=O) groups is 1. The lowest BCUT2D eigenvalue weighted by atomic mass is 9.80. The lowest BCUT2D eigenvalue weighted by molar-refractivity contribution is -0.483. The van der Waals surface area contributed by atoms with Crippen molar-refractivity contribution < 1.29 is 14.6 Å². The molecule has 148 valence electrons. The Morgan fingerprint density at radius 3 is 2.34 bits per heavy atom. The maximum Gasteiger partial charge on any atom is 0.269 e. The van der Waals surface area contributed by atoms with Crippen LogP contribution >= 0.6 is 15.9 Å². The SMILES string of the molecule is O=C([C@@H](c1ccc([N+](=O)[O-])cc1)[C@H](C[N+](=O)[O-])c1cccc(Br)c1)n1cccn1. The molecule has 9 nitrogen and oxygen atoms in total. The summed E-state index contributed by atoms with van der Waals surface area (Å²) < 4.78 is 1.84. The molecule has 3 rings (SSSR count). The number of hydrogen-bond donors (Lipinski definition) is 0. The number of nitro benzene ring substituents is 1. The van der Waals surface area contributed by atoms with Crippen LogP contribution in [0.25, 0.3) is 0 Å². The first kappa shape index (κ1) is 20.3. The van der Waals surface area contributed by atoms with Crippen LogP contribution in [0.1, 0.15) is 27.8 Å². The van der Waals surface area contributed by atoms with Crippen LogP contribution in [-0.4, -0.2) is 32.1 Å². The average molecular weight is 459 g/mol. The second-order valence-corrected chi connectivity index (χ2v) is 7.21. The molecular weight excluding hydrogens is 444 g/mol. The van der Waals surface area contributed by atoms with Gasteiger partial charge < -0.3 is 0 Å². The Hall–Kier alpha value is -3.40. The summed E-state index contributed by atoms with van der Waals surface area (Å²) in [7, 11) is 0. The molecule has 1 heterocycles. The standard InChI is InChI=1S/C19H15BrN4O5/c20-15-4-1-3-14(11-15)17(12-23(26)27)18(19(25)22-10-2-9-21-22)13-5-7-16(8-6-13)24(28)29/h1-11,17-18H,12H2/t17-,18+/m1/s1. The van der Waals surface area contributed by atoms with E-state index in [4.69, 9.17) is 0 Å². The molecule has 2 atom stereocenters. The topological polar surface area (TPSA) is 121 Å². The highest BCUT2D eigenvalue weighted by Crippen LogP contribution is 2.36. The van der Waals surface area contributed by atoms with E-state index in [2.05, 4.69) is 21.0 Å². The first-order valence-corrected chi connectivity index (χ1v) is 9.31. The number of nitro groups is 2. The summed E-state index contributed by atoms with van der Waals surface area (Å²) in [5, 5.41) is 26.4. The highest BCUT2D eigenvalue weighted by atomic mass is 79.9. The molecule has 29 heavy (non-hydrogen) atoms. The van der Waals surface area contributed by atoms with Gasteiger partial charge in [0.2, 0.25) is 6.54 Å². The molecule has 0 saturated heterocycles. The third-order valence-electron chi connectivity index (χ3n) is 4.48. The molecule has 0 bridgehead atoms. The molecule has 3 aromatic rings. The van der Waals surface area contributed by atoms with Crippen LogP contribution in [-0.2, 0) is 0 Å². The van der Waals surface area contributed by atoms with Gasteiger partial charge in [-0.05, 0) is 29.3 Å². The van der Waals surface area contributed by atoms with E-state index in [1.54, 1.807) is 30.3 Å². The van der Waals surface area contributed by atoms with Crippen LogP contribution in [0.4, 0.5) is 5.69 Å². The molecule has 0 fully saturated rings. The fourth-order valence-electron chi connectivity index (χ4n) is 3.19. The Bertz CT molecular complexity index is 1040. The Morgan fingerprint density at radius 1 is 1.07 bits per heavy atom. The van der Waals surface area contributed by atoms with E-state index < -0.39 is 34.1 Å². The Kier molecular flexibility index (Phi) is 6.13. The van der Waals surface area contributed by atoms with Gasteiger partial charge in [0, 0.05) is 33.9 Å². The van der Waals surface area contributed by atoms with Crippen LogP contribution in [0.3, 0.4) is 0 Å². The monoisotopic (exact) mass is 458 g/mol. The van der Waals surface area contributed by atoms with E-state index in [-0.39, 0.29) is 5.69 Å². The summed E-state index contributed by atoms with van der Waals surface area (Å²) in [6, 6.07) is 14.0. The number of non-ortho nitro benzene ring substituents is 1. The van der Waals surface area contributed by atoms with Crippen LogP contribution in [0.2, 0.25) is 0 Å². The summed E-state index contributed by atoms with van der Waals surface area (Å²) >= 11 is 3.36. The van der Waals surface area contributed by atoms with Crippen molar-refractivity contribution in [1.82, 2.24) is 9.78 Å². The van der Waals surface area contributed by atoms with E-state index >= 15 is 0 Å². The first-order chi connectivity index (χ1) is 13.9. The van der Waals surface area contributed by atoms with Gasteiger partial charge >= 0.3 is 0 Å². The molecule has 0 saturated carbocycles. The molecule has 0 spiro atoms. The van der Waals surface area contributed by atoms with Crippen molar-refractivity contribution in [3.63, 3.8) is 0 Å².